The van der Waals surface area contributed by atoms with Crippen LogP contribution in [-0.4, -0.2) is 42.5 Å². The van der Waals surface area contributed by atoms with Crippen molar-refractivity contribution < 1.29 is 8.95 Å². The second kappa shape index (κ2) is 6.51. The first kappa shape index (κ1) is 11.1. The van der Waals surface area contributed by atoms with Crippen molar-refractivity contribution in [1.82, 2.24) is 5.32 Å². The van der Waals surface area contributed by atoms with Crippen LogP contribution in [0.25, 0.3) is 0 Å². The van der Waals surface area contributed by atoms with Crippen LogP contribution in [0.3, 0.4) is 0 Å². The fourth-order valence-electron chi connectivity index (χ4n) is 1.49. The first-order valence-corrected chi connectivity index (χ1v) is 6.60. The first-order valence-electron chi connectivity index (χ1n) is 4.87. The average Bonchev–Trinajstić information content (AvgIpc) is 2.14. The summed E-state index contributed by atoms with van der Waals surface area (Å²) in [5.41, 5.74) is 0. The van der Waals surface area contributed by atoms with Gasteiger partial charge in [-0.25, -0.2) is 0 Å². The maximum atomic E-state index is 10.7. The molecule has 4 heteroatoms. The third-order valence-electron chi connectivity index (χ3n) is 2.25. The molecule has 1 saturated heterocycles. The second-order valence-electron chi connectivity index (χ2n) is 3.56. The van der Waals surface area contributed by atoms with Crippen molar-refractivity contribution in [2.45, 2.75) is 12.8 Å². The molecule has 0 aromatic rings. The van der Waals surface area contributed by atoms with Gasteiger partial charge in [-0.2, -0.15) is 0 Å². The Hall–Kier alpha value is 0.0700. The largest absolute Gasteiger partial charge is 0.381 e. The highest BCUT2D eigenvalue weighted by molar-refractivity contribution is 7.84. The van der Waals surface area contributed by atoms with E-state index in [-0.39, 0.29) is 0 Å². The average molecular weight is 205 g/mol. The van der Waals surface area contributed by atoms with Crippen LogP contribution in [0.4, 0.5) is 0 Å². The summed E-state index contributed by atoms with van der Waals surface area (Å²) in [5, 5.41) is 3.31. The van der Waals surface area contributed by atoms with Crippen LogP contribution in [-0.2, 0) is 15.5 Å². The molecular formula is C9H19NO2S. The summed E-state index contributed by atoms with van der Waals surface area (Å²) in [6.45, 7) is 3.69. The van der Waals surface area contributed by atoms with E-state index in [0.717, 1.165) is 32.1 Å². The van der Waals surface area contributed by atoms with E-state index in [1.165, 1.54) is 12.8 Å². The van der Waals surface area contributed by atoms with Gasteiger partial charge in [0.05, 0.1) is 6.61 Å². The Labute approximate surface area is 82.7 Å². The van der Waals surface area contributed by atoms with Crippen molar-refractivity contribution in [3.63, 3.8) is 0 Å². The van der Waals surface area contributed by atoms with Gasteiger partial charge in [-0.05, 0) is 18.8 Å². The quantitative estimate of drug-likeness (QED) is 0.660. The van der Waals surface area contributed by atoms with Gasteiger partial charge in [-0.1, -0.05) is 0 Å². The summed E-state index contributed by atoms with van der Waals surface area (Å²) < 4.78 is 16.1. The van der Waals surface area contributed by atoms with Crippen molar-refractivity contribution in [2.24, 2.45) is 5.92 Å². The smallest absolute Gasteiger partial charge is 0.0506 e. The molecule has 0 saturated carbocycles. The molecule has 3 nitrogen and oxygen atoms in total. The van der Waals surface area contributed by atoms with Gasteiger partial charge in [0, 0.05) is 42.5 Å². The highest BCUT2D eigenvalue weighted by atomic mass is 32.2. The van der Waals surface area contributed by atoms with Gasteiger partial charge >= 0.3 is 0 Å². The number of hydrogen-bond donors (Lipinski definition) is 1. The lowest BCUT2D eigenvalue weighted by Gasteiger charge is -2.22. The lowest BCUT2D eigenvalue weighted by Crippen LogP contribution is -2.31. The normalized spacial score (nSPS) is 25.8. The molecule has 0 amide bonds. The summed E-state index contributed by atoms with van der Waals surface area (Å²) in [5.74, 6) is 1.42. The van der Waals surface area contributed by atoms with Gasteiger partial charge in [0.25, 0.3) is 0 Å². The fourth-order valence-corrected chi connectivity index (χ4v) is 1.92. The Morgan fingerprint density at radius 2 is 2.46 bits per heavy atom. The third kappa shape index (κ3) is 5.39. The van der Waals surface area contributed by atoms with E-state index in [0.29, 0.717) is 5.92 Å². The zero-order valence-corrected chi connectivity index (χ0v) is 9.07. The van der Waals surface area contributed by atoms with E-state index in [4.69, 9.17) is 4.74 Å². The molecule has 2 atom stereocenters. The highest BCUT2D eigenvalue weighted by Crippen LogP contribution is 2.11. The van der Waals surface area contributed by atoms with Gasteiger partial charge in [0.15, 0.2) is 0 Å². The van der Waals surface area contributed by atoms with Gasteiger partial charge in [0.2, 0.25) is 0 Å². The number of ether oxygens (including phenoxy) is 1. The van der Waals surface area contributed by atoms with Crippen molar-refractivity contribution in [2.75, 3.05) is 38.3 Å². The van der Waals surface area contributed by atoms with E-state index in [1.54, 1.807) is 6.26 Å². The molecule has 1 heterocycles. The minimum Gasteiger partial charge on any atom is -0.381 e. The Kier molecular flexibility index (Phi) is 5.58. The highest BCUT2D eigenvalue weighted by Gasteiger charge is 2.12. The van der Waals surface area contributed by atoms with Crippen LogP contribution >= 0.6 is 0 Å². The predicted octanol–water partition coefficient (Wildman–Crippen LogP) is 0.381. The van der Waals surface area contributed by atoms with Crippen LogP contribution in [0.2, 0.25) is 0 Å². The minimum atomic E-state index is -0.666. The molecule has 0 bridgehead atoms. The van der Waals surface area contributed by atoms with Gasteiger partial charge in [-0.3, -0.25) is 4.21 Å². The van der Waals surface area contributed by atoms with Gasteiger partial charge in [0.1, 0.15) is 0 Å². The molecule has 0 aromatic heterocycles. The van der Waals surface area contributed by atoms with Crippen molar-refractivity contribution in [3.8, 4) is 0 Å². The summed E-state index contributed by atoms with van der Waals surface area (Å²) >= 11 is 0. The second-order valence-corrected chi connectivity index (χ2v) is 5.12. The maximum Gasteiger partial charge on any atom is 0.0506 e. The van der Waals surface area contributed by atoms with Crippen molar-refractivity contribution >= 4 is 10.8 Å². The molecule has 1 aliphatic rings. The topological polar surface area (TPSA) is 38.3 Å². The van der Waals surface area contributed by atoms with Crippen molar-refractivity contribution in [1.29, 1.82) is 0 Å². The molecule has 0 radical (unpaired) electrons. The van der Waals surface area contributed by atoms with Crippen LogP contribution in [0.15, 0.2) is 0 Å². The SMILES string of the molecule is CS(=O)CCNCC1CCCOC1. The standard InChI is InChI=1S/C9H19NO2S/c1-13(11)6-4-10-7-9-3-2-5-12-8-9/h9-10H,2-8H2,1H3. The molecule has 13 heavy (non-hydrogen) atoms. The van der Waals surface area contributed by atoms with E-state index >= 15 is 0 Å². The Morgan fingerprint density at radius 1 is 1.62 bits per heavy atom. The summed E-state index contributed by atoms with van der Waals surface area (Å²) in [6, 6.07) is 0. The van der Waals surface area contributed by atoms with E-state index in [9.17, 15) is 4.21 Å². The van der Waals surface area contributed by atoms with E-state index in [1.807, 2.05) is 0 Å². The number of hydrogen-bond acceptors (Lipinski definition) is 3. The monoisotopic (exact) mass is 205 g/mol. The summed E-state index contributed by atoms with van der Waals surface area (Å²) in [4.78, 5) is 0. The van der Waals surface area contributed by atoms with Gasteiger partial charge < -0.3 is 10.1 Å². The molecule has 1 N–H and O–H groups in total. The van der Waals surface area contributed by atoms with Crippen molar-refractivity contribution in [3.05, 3.63) is 0 Å². The minimum absolute atomic E-state index is 0.666. The fraction of sp³-hybridized carbons (Fsp3) is 1.00. The molecule has 0 aliphatic carbocycles. The molecule has 0 spiro atoms. The third-order valence-corrected chi connectivity index (χ3v) is 3.03. The Morgan fingerprint density at radius 3 is 3.08 bits per heavy atom. The molecule has 78 valence electrons. The Balaban J connectivity index is 1.95. The molecule has 1 rings (SSSR count). The maximum absolute atomic E-state index is 10.7. The summed E-state index contributed by atoms with van der Waals surface area (Å²) in [6.07, 6.45) is 4.19. The van der Waals surface area contributed by atoms with E-state index in [2.05, 4.69) is 5.32 Å². The zero-order chi connectivity index (χ0) is 9.52. The zero-order valence-electron chi connectivity index (χ0n) is 8.25. The first-order chi connectivity index (χ1) is 6.29. The lowest BCUT2D eigenvalue weighted by atomic mass is 10.0. The van der Waals surface area contributed by atoms with E-state index < -0.39 is 10.8 Å². The van der Waals surface area contributed by atoms with Crippen LogP contribution < -0.4 is 5.32 Å². The molecule has 0 aromatic carbocycles. The molecule has 1 aliphatic heterocycles. The Bertz CT molecular complexity index is 158. The predicted molar refractivity (Wildman–Crippen MR) is 55.3 cm³/mol. The van der Waals surface area contributed by atoms with Gasteiger partial charge in [-0.15, -0.1) is 0 Å². The lowest BCUT2D eigenvalue weighted by molar-refractivity contribution is 0.0551. The molecular weight excluding hydrogens is 186 g/mol. The number of rotatable bonds is 5. The summed E-state index contributed by atoms with van der Waals surface area (Å²) in [7, 11) is -0.666. The van der Waals surface area contributed by atoms with Crippen LogP contribution in [0, 0.1) is 5.92 Å². The molecule has 1 fully saturated rings. The molecule has 2 unspecified atom stereocenters. The van der Waals surface area contributed by atoms with Crippen LogP contribution in [0.1, 0.15) is 12.8 Å². The van der Waals surface area contributed by atoms with Crippen LogP contribution in [0.5, 0.6) is 0 Å². The number of nitrogens with one attached hydrogen (secondary N) is 1.